The molecule has 0 spiro atoms. The van der Waals surface area contributed by atoms with Gasteiger partial charge in [0, 0.05) is 28.6 Å². The van der Waals surface area contributed by atoms with E-state index < -0.39 is 0 Å². The van der Waals surface area contributed by atoms with Gasteiger partial charge in [-0.05, 0) is 24.6 Å². The second-order valence-corrected chi connectivity index (χ2v) is 5.26. The summed E-state index contributed by atoms with van der Waals surface area (Å²) in [6.07, 6.45) is 0. The predicted molar refractivity (Wildman–Crippen MR) is 79.6 cm³/mol. The first kappa shape index (κ1) is 11.3. The minimum absolute atomic E-state index is 0.0116. The summed E-state index contributed by atoms with van der Waals surface area (Å²) in [7, 11) is 0. The molecule has 0 saturated carbocycles. The standard InChI is InChI=1S/C17H14N2O/c1-10-5-7-11(8-6-10)16-13-9-18-17(20)12-3-2-4-14(19-16)15(12)13/h2-8,19H,9H2,1H3,(H,18,20). The zero-order valence-corrected chi connectivity index (χ0v) is 11.2. The van der Waals surface area contributed by atoms with Crippen LogP contribution in [0.4, 0.5) is 0 Å². The van der Waals surface area contributed by atoms with Crippen LogP contribution in [0.3, 0.4) is 0 Å². The van der Waals surface area contributed by atoms with E-state index in [1.54, 1.807) is 0 Å². The Kier molecular flexibility index (Phi) is 2.24. The summed E-state index contributed by atoms with van der Waals surface area (Å²) in [5, 5.41) is 4.01. The number of carbonyl (C=O) groups is 1. The molecule has 2 heterocycles. The second-order valence-electron chi connectivity index (χ2n) is 5.26. The Balaban J connectivity index is 2.03. The molecule has 2 aromatic carbocycles. The summed E-state index contributed by atoms with van der Waals surface area (Å²) in [6.45, 7) is 2.66. The summed E-state index contributed by atoms with van der Waals surface area (Å²) in [5.41, 5.74) is 6.48. The zero-order chi connectivity index (χ0) is 13.7. The Morgan fingerprint density at radius 2 is 1.85 bits per heavy atom. The van der Waals surface area contributed by atoms with Crippen molar-refractivity contribution >= 4 is 16.8 Å². The average Bonchev–Trinajstić information content (AvgIpc) is 2.84. The molecule has 3 aromatic rings. The van der Waals surface area contributed by atoms with Crippen molar-refractivity contribution < 1.29 is 4.79 Å². The van der Waals surface area contributed by atoms with E-state index in [1.807, 2.05) is 18.2 Å². The smallest absolute Gasteiger partial charge is 0.252 e. The number of hydrogen-bond donors (Lipinski definition) is 2. The first-order valence-corrected chi connectivity index (χ1v) is 6.73. The van der Waals surface area contributed by atoms with Crippen molar-refractivity contribution in [3.63, 3.8) is 0 Å². The number of hydrogen-bond acceptors (Lipinski definition) is 1. The first-order valence-electron chi connectivity index (χ1n) is 6.73. The van der Waals surface area contributed by atoms with Crippen molar-refractivity contribution in [1.29, 1.82) is 0 Å². The fraction of sp³-hybridized carbons (Fsp3) is 0.118. The molecule has 1 aliphatic rings. The van der Waals surface area contributed by atoms with Gasteiger partial charge in [-0.2, -0.15) is 0 Å². The van der Waals surface area contributed by atoms with E-state index in [0.29, 0.717) is 6.54 Å². The van der Waals surface area contributed by atoms with Crippen molar-refractivity contribution in [3.05, 3.63) is 59.2 Å². The molecule has 0 atom stereocenters. The molecule has 0 fully saturated rings. The third kappa shape index (κ3) is 1.50. The van der Waals surface area contributed by atoms with E-state index in [2.05, 4.69) is 41.5 Å². The molecule has 2 N–H and O–H groups in total. The van der Waals surface area contributed by atoms with Gasteiger partial charge in [0.2, 0.25) is 0 Å². The highest BCUT2D eigenvalue weighted by Crippen LogP contribution is 2.34. The van der Waals surface area contributed by atoms with Crippen LogP contribution >= 0.6 is 0 Å². The molecule has 3 nitrogen and oxygen atoms in total. The third-order valence-corrected chi connectivity index (χ3v) is 3.94. The van der Waals surface area contributed by atoms with Gasteiger partial charge in [0.05, 0.1) is 5.69 Å². The lowest BCUT2D eigenvalue weighted by atomic mass is 9.98. The summed E-state index contributed by atoms with van der Waals surface area (Å²) in [6, 6.07) is 14.3. The number of benzene rings is 2. The van der Waals surface area contributed by atoms with E-state index in [-0.39, 0.29) is 5.91 Å². The number of carbonyl (C=O) groups excluding carboxylic acids is 1. The SMILES string of the molecule is Cc1ccc(-c2[nH]c3cccc4c3c2CNC4=O)cc1. The molecule has 1 aromatic heterocycles. The minimum Gasteiger partial charge on any atom is -0.354 e. The highest BCUT2D eigenvalue weighted by atomic mass is 16.1. The van der Waals surface area contributed by atoms with Crippen LogP contribution in [-0.4, -0.2) is 10.9 Å². The van der Waals surface area contributed by atoms with Crippen molar-refractivity contribution in [2.24, 2.45) is 0 Å². The van der Waals surface area contributed by atoms with Crippen LogP contribution in [0.2, 0.25) is 0 Å². The monoisotopic (exact) mass is 262 g/mol. The van der Waals surface area contributed by atoms with Gasteiger partial charge in [0.15, 0.2) is 0 Å². The molecule has 0 bridgehead atoms. The number of aromatic amines is 1. The van der Waals surface area contributed by atoms with Crippen LogP contribution in [0.5, 0.6) is 0 Å². The van der Waals surface area contributed by atoms with E-state index in [4.69, 9.17) is 0 Å². The van der Waals surface area contributed by atoms with Gasteiger partial charge >= 0.3 is 0 Å². The summed E-state index contributed by atoms with van der Waals surface area (Å²) in [4.78, 5) is 15.4. The zero-order valence-electron chi connectivity index (χ0n) is 11.2. The van der Waals surface area contributed by atoms with Crippen LogP contribution in [-0.2, 0) is 6.54 Å². The van der Waals surface area contributed by atoms with Crippen LogP contribution in [0.25, 0.3) is 22.2 Å². The topological polar surface area (TPSA) is 44.9 Å². The Hall–Kier alpha value is -2.55. The average molecular weight is 262 g/mol. The minimum atomic E-state index is 0.0116. The van der Waals surface area contributed by atoms with E-state index in [0.717, 1.165) is 27.7 Å². The maximum atomic E-state index is 11.9. The fourth-order valence-corrected chi connectivity index (χ4v) is 2.91. The maximum Gasteiger partial charge on any atom is 0.252 e. The Morgan fingerprint density at radius 3 is 2.65 bits per heavy atom. The van der Waals surface area contributed by atoms with Gasteiger partial charge in [-0.1, -0.05) is 35.9 Å². The van der Waals surface area contributed by atoms with Crippen LogP contribution in [0.15, 0.2) is 42.5 Å². The lowest BCUT2D eigenvalue weighted by molar-refractivity contribution is 0.0949. The third-order valence-electron chi connectivity index (χ3n) is 3.94. The number of aryl methyl sites for hydroxylation is 1. The maximum absolute atomic E-state index is 11.9. The molecule has 98 valence electrons. The fourth-order valence-electron chi connectivity index (χ4n) is 2.91. The molecule has 1 amide bonds. The van der Waals surface area contributed by atoms with Gasteiger partial charge in [0.25, 0.3) is 5.91 Å². The number of nitrogens with one attached hydrogen (secondary N) is 2. The van der Waals surface area contributed by atoms with Crippen molar-refractivity contribution in [1.82, 2.24) is 10.3 Å². The summed E-state index contributed by atoms with van der Waals surface area (Å²) in [5.74, 6) is 0.0116. The first-order chi connectivity index (χ1) is 9.74. The van der Waals surface area contributed by atoms with E-state index in [1.165, 1.54) is 11.1 Å². The van der Waals surface area contributed by atoms with Crippen LogP contribution < -0.4 is 5.32 Å². The normalized spacial score (nSPS) is 13.6. The van der Waals surface area contributed by atoms with Gasteiger partial charge in [-0.25, -0.2) is 0 Å². The Bertz CT molecular complexity index is 828. The molecule has 0 aliphatic carbocycles. The Labute approximate surface area is 116 Å². The molecule has 3 heteroatoms. The van der Waals surface area contributed by atoms with Crippen molar-refractivity contribution in [3.8, 4) is 11.3 Å². The van der Waals surface area contributed by atoms with Crippen molar-refractivity contribution in [2.75, 3.05) is 0 Å². The number of aromatic nitrogens is 1. The van der Waals surface area contributed by atoms with E-state index >= 15 is 0 Å². The second kappa shape index (κ2) is 3.97. The Morgan fingerprint density at radius 1 is 1.05 bits per heavy atom. The number of H-pyrrole nitrogens is 1. The van der Waals surface area contributed by atoms with Crippen molar-refractivity contribution in [2.45, 2.75) is 13.5 Å². The molecular weight excluding hydrogens is 248 g/mol. The molecule has 0 saturated heterocycles. The molecule has 4 rings (SSSR count). The highest BCUT2D eigenvalue weighted by molar-refractivity contribution is 6.11. The van der Waals surface area contributed by atoms with Crippen LogP contribution in [0, 0.1) is 6.92 Å². The largest absolute Gasteiger partial charge is 0.354 e. The lowest BCUT2D eigenvalue weighted by Crippen LogP contribution is -2.26. The highest BCUT2D eigenvalue weighted by Gasteiger charge is 2.23. The van der Waals surface area contributed by atoms with Gasteiger partial charge in [-0.15, -0.1) is 0 Å². The van der Waals surface area contributed by atoms with Gasteiger partial charge < -0.3 is 10.3 Å². The molecular formula is C17H14N2O. The lowest BCUT2D eigenvalue weighted by Gasteiger charge is -2.14. The van der Waals surface area contributed by atoms with Crippen LogP contribution in [0.1, 0.15) is 21.5 Å². The molecule has 0 radical (unpaired) electrons. The number of amides is 1. The summed E-state index contributed by atoms with van der Waals surface area (Å²) < 4.78 is 0. The quantitative estimate of drug-likeness (QED) is 0.693. The summed E-state index contributed by atoms with van der Waals surface area (Å²) >= 11 is 0. The predicted octanol–water partition coefficient (Wildman–Crippen LogP) is 3.39. The molecule has 20 heavy (non-hydrogen) atoms. The molecule has 1 aliphatic heterocycles. The van der Waals surface area contributed by atoms with Gasteiger partial charge in [-0.3, -0.25) is 4.79 Å². The molecule has 0 unspecified atom stereocenters. The van der Waals surface area contributed by atoms with E-state index in [9.17, 15) is 4.79 Å². The van der Waals surface area contributed by atoms with Gasteiger partial charge in [0.1, 0.15) is 0 Å². The number of rotatable bonds is 1.